The lowest BCUT2D eigenvalue weighted by Crippen LogP contribution is -2.43. The summed E-state index contributed by atoms with van der Waals surface area (Å²) < 4.78 is 0. The fourth-order valence-electron chi connectivity index (χ4n) is 2.74. The van der Waals surface area contributed by atoms with Crippen molar-refractivity contribution in [2.75, 3.05) is 19.6 Å². The summed E-state index contributed by atoms with van der Waals surface area (Å²) in [5, 5.41) is 3.41. The molecule has 17 heavy (non-hydrogen) atoms. The summed E-state index contributed by atoms with van der Waals surface area (Å²) in [6, 6.07) is 0.481. The predicted octanol–water partition coefficient (Wildman–Crippen LogP) is 2.41. The Morgan fingerprint density at radius 2 is 1.82 bits per heavy atom. The lowest BCUT2D eigenvalue weighted by atomic mass is 9.84. The minimum Gasteiger partial charge on any atom is -0.342 e. The molecule has 1 N–H and O–H groups in total. The van der Waals surface area contributed by atoms with Crippen molar-refractivity contribution < 1.29 is 4.79 Å². The Morgan fingerprint density at radius 1 is 1.24 bits per heavy atom. The topological polar surface area (TPSA) is 32.3 Å². The first-order chi connectivity index (χ1) is 8.19. The van der Waals surface area contributed by atoms with E-state index in [0.717, 1.165) is 19.0 Å². The van der Waals surface area contributed by atoms with E-state index in [1.807, 2.05) is 18.7 Å². The molecule has 0 unspecified atom stereocenters. The van der Waals surface area contributed by atoms with Gasteiger partial charge in [0, 0.05) is 19.1 Å². The van der Waals surface area contributed by atoms with Gasteiger partial charge in [-0.2, -0.15) is 0 Å². The normalized spacial score (nSPS) is 19.0. The van der Waals surface area contributed by atoms with Gasteiger partial charge in [-0.1, -0.05) is 19.3 Å². The number of carbonyl (C=O) groups excluding carboxylic acids is 1. The van der Waals surface area contributed by atoms with Crippen LogP contribution >= 0.6 is 0 Å². The van der Waals surface area contributed by atoms with Gasteiger partial charge in [0.1, 0.15) is 0 Å². The van der Waals surface area contributed by atoms with E-state index in [-0.39, 0.29) is 5.91 Å². The molecule has 1 atom stereocenters. The molecule has 1 amide bonds. The standard InChI is InChI=1S/C14H28N2O/c1-4-16(5-2)14(17)11-15-12(3)13-9-7-6-8-10-13/h12-13,15H,4-11H2,1-3H3/t12-/m0/s1. The lowest BCUT2D eigenvalue weighted by molar-refractivity contribution is -0.130. The van der Waals surface area contributed by atoms with Gasteiger partial charge < -0.3 is 10.2 Å². The van der Waals surface area contributed by atoms with E-state index >= 15 is 0 Å². The second-order valence-electron chi connectivity index (χ2n) is 5.13. The van der Waals surface area contributed by atoms with E-state index in [1.165, 1.54) is 32.1 Å². The maximum atomic E-state index is 11.9. The molecule has 3 nitrogen and oxygen atoms in total. The second-order valence-corrected chi connectivity index (χ2v) is 5.13. The summed E-state index contributed by atoms with van der Waals surface area (Å²) in [6.07, 6.45) is 6.77. The largest absolute Gasteiger partial charge is 0.342 e. The van der Waals surface area contributed by atoms with Crippen molar-refractivity contribution in [3.63, 3.8) is 0 Å². The zero-order valence-electron chi connectivity index (χ0n) is 11.7. The first-order valence-electron chi connectivity index (χ1n) is 7.20. The van der Waals surface area contributed by atoms with Crippen LogP contribution in [-0.4, -0.2) is 36.5 Å². The Bertz CT molecular complexity index is 220. The highest BCUT2D eigenvalue weighted by molar-refractivity contribution is 5.78. The Balaban J connectivity index is 2.26. The molecule has 1 rings (SSSR count). The maximum absolute atomic E-state index is 11.9. The third kappa shape index (κ3) is 4.66. The maximum Gasteiger partial charge on any atom is 0.236 e. The highest BCUT2D eigenvalue weighted by atomic mass is 16.2. The molecule has 0 bridgehead atoms. The van der Waals surface area contributed by atoms with Crippen molar-refractivity contribution in [1.29, 1.82) is 0 Å². The van der Waals surface area contributed by atoms with E-state index in [0.29, 0.717) is 12.6 Å². The van der Waals surface area contributed by atoms with Gasteiger partial charge >= 0.3 is 0 Å². The minimum absolute atomic E-state index is 0.234. The van der Waals surface area contributed by atoms with Gasteiger partial charge in [-0.3, -0.25) is 4.79 Å². The molecule has 1 aliphatic rings. The second kappa shape index (κ2) is 7.70. The minimum atomic E-state index is 0.234. The molecular formula is C14H28N2O. The zero-order valence-corrected chi connectivity index (χ0v) is 11.7. The summed E-state index contributed by atoms with van der Waals surface area (Å²) in [5.41, 5.74) is 0. The fourth-order valence-corrected chi connectivity index (χ4v) is 2.74. The van der Waals surface area contributed by atoms with Gasteiger partial charge in [0.25, 0.3) is 0 Å². The van der Waals surface area contributed by atoms with Crippen LogP contribution in [-0.2, 0) is 4.79 Å². The third-order valence-electron chi connectivity index (χ3n) is 4.05. The summed E-state index contributed by atoms with van der Waals surface area (Å²) in [4.78, 5) is 13.7. The number of carbonyl (C=O) groups is 1. The average molecular weight is 240 g/mol. The number of amides is 1. The summed E-state index contributed by atoms with van der Waals surface area (Å²) in [7, 11) is 0. The smallest absolute Gasteiger partial charge is 0.236 e. The van der Waals surface area contributed by atoms with Crippen molar-refractivity contribution in [2.45, 2.75) is 58.9 Å². The van der Waals surface area contributed by atoms with Crippen molar-refractivity contribution in [3.8, 4) is 0 Å². The van der Waals surface area contributed by atoms with Crippen molar-refractivity contribution >= 4 is 5.91 Å². The molecular weight excluding hydrogens is 212 g/mol. The number of nitrogens with zero attached hydrogens (tertiary/aromatic N) is 1. The predicted molar refractivity (Wildman–Crippen MR) is 72.0 cm³/mol. The Labute approximate surface area is 106 Å². The van der Waals surface area contributed by atoms with E-state index in [2.05, 4.69) is 12.2 Å². The molecule has 3 heteroatoms. The van der Waals surface area contributed by atoms with E-state index < -0.39 is 0 Å². The molecule has 1 saturated carbocycles. The molecule has 0 heterocycles. The first-order valence-corrected chi connectivity index (χ1v) is 7.20. The number of rotatable bonds is 6. The van der Waals surface area contributed by atoms with Crippen LogP contribution in [0.15, 0.2) is 0 Å². The number of nitrogens with one attached hydrogen (secondary N) is 1. The van der Waals surface area contributed by atoms with Crippen LogP contribution in [0.2, 0.25) is 0 Å². The lowest BCUT2D eigenvalue weighted by Gasteiger charge is -2.29. The van der Waals surface area contributed by atoms with Gasteiger partial charge in [0.15, 0.2) is 0 Å². The van der Waals surface area contributed by atoms with Crippen molar-refractivity contribution in [2.24, 2.45) is 5.92 Å². The zero-order chi connectivity index (χ0) is 12.7. The Kier molecular flexibility index (Phi) is 6.56. The Hall–Kier alpha value is -0.570. The van der Waals surface area contributed by atoms with Crippen molar-refractivity contribution in [3.05, 3.63) is 0 Å². The summed E-state index contributed by atoms with van der Waals surface area (Å²) in [5.74, 6) is 1.01. The molecule has 0 aliphatic heterocycles. The van der Waals surface area contributed by atoms with Crippen LogP contribution in [0.1, 0.15) is 52.9 Å². The molecule has 0 radical (unpaired) electrons. The fraction of sp³-hybridized carbons (Fsp3) is 0.929. The first kappa shape index (κ1) is 14.5. The average Bonchev–Trinajstić information content (AvgIpc) is 2.38. The summed E-state index contributed by atoms with van der Waals surface area (Å²) in [6.45, 7) is 8.42. The van der Waals surface area contributed by atoms with Crippen LogP contribution in [0.5, 0.6) is 0 Å². The van der Waals surface area contributed by atoms with Gasteiger partial charge in [-0.25, -0.2) is 0 Å². The monoisotopic (exact) mass is 240 g/mol. The highest BCUT2D eigenvalue weighted by Crippen LogP contribution is 2.26. The number of hydrogen-bond donors (Lipinski definition) is 1. The highest BCUT2D eigenvalue weighted by Gasteiger charge is 2.20. The third-order valence-corrected chi connectivity index (χ3v) is 4.05. The molecule has 0 saturated heterocycles. The van der Waals surface area contributed by atoms with Crippen LogP contribution in [0.25, 0.3) is 0 Å². The van der Waals surface area contributed by atoms with Gasteiger partial charge in [0.2, 0.25) is 5.91 Å². The van der Waals surface area contributed by atoms with Crippen molar-refractivity contribution in [1.82, 2.24) is 10.2 Å². The van der Waals surface area contributed by atoms with Crippen LogP contribution in [0.4, 0.5) is 0 Å². The molecule has 1 fully saturated rings. The number of hydrogen-bond acceptors (Lipinski definition) is 2. The Morgan fingerprint density at radius 3 is 2.35 bits per heavy atom. The molecule has 0 aromatic rings. The van der Waals surface area contributed by atoms with Gasteiger partial charge in [-0.15, -0.1) is 0 Å². The van der Waals surface area contributed by atoms with Gasteiger partial charge in [-0.05, 0) is 39.5 Å². The SMILES string of the molecule is CCN(CC)C(=O)CN[C@@H](C)C1CCCCC1. The van der Waals surface area contributed by atoms with Crippen LogP contribution < -0.4 is 5.32 Å². The van der Waals surface area contributed by atoms with E-state index in [1.54, 1.807) is 0 Å². The van der Waals surface area contributed by atoms with E-state index in [9.17, 15) is 4.79 Å². The van der Waals surface area contributed by atoms with Gasteiger partial charge in [0.05, 0.1) is 6.54 Å². The summed E-state index contributed by atoms with van der Waals surface area (Å²) >= 11 is 0. The molecule has 0 aromatic carbocycles. The van der Waals surface area contributed by atoms with Crippen LogP contribution in [0.3, 0.4) is 0 Å². The molecule has 0 aromatic heterocycles. The molecule has 1 aliphatic carbocycles. The van der Waals surface area contributed by atoms with E-state index in [4.69, 9.17) is 0 Å². The molecule has 100 valence electrons. The quantitative estimate of drug-likeness (QED) is 0.773. The van der Waals surface area contributed by atoms with Crippen LogP contribution in [0, 0.1) is 5.92 Å². The molecule has 0 spiro atoms. The number of likely N-dealkylation sites (N-methyl/N-ethyl adjacent to an activating group) is 1.